The van der Waals surface area contributed by atoms with Crippen molar-refractivity contribution in [3.8, 4) is 5.75 Å². The van der Waals surface area contributed by atoms with Gasteiger partial charge in [-0.05, 0) is 67.3 Å². The number of anilines is 1. The molecule has 0 unspecified atom stereocenters. The Morgan fingerprint density at radius 2 is 1.64 bits per heavy atom. The number of benzene rings is 3. The summed E-state index contributed by atoms with van der Waals surface area (Å²) in [7, 11) is -3.84. The van der Waals surface area contributed by atoms with Gasteiger partial charge in [-0.15, -0.1) is 0 Å². The third kappa shape index (κ3) is 8.82. The third-order valence-corrected chi connectivity index (χ3v) is 8.96. The van der Waals surface area contributed by atoms with Gasteiger partial charge < -0.3 is 15.0 Å². The standard InChI is InChI=1S/C32H38BrN3O5S/c1-3-41-29-18-16-28(17-19-29)36(42(2,39)40)23-31(37)35(22-25-12-9-13-26(33)20-25)30(21-24-10-5-4-6-11-24)32(38)34-27-14-7-8-15-27/h4-6,9-13,16-20,27,30H,3,7-8,14-15,21-23H2,1-2H3,(H,34,38)/t30-/m0/s1. The summed E-state index contributed by atoms with van der Waals surface area (Å²) in [5, 5.41) is 3.18. The number of amides is 2. The molecule has 0 aromatic heterocycles. The van der Waals surface area contributed by atoms with E-state index in [0.717, 1.165) is 51.8 Å². The van der Waals surface area contributed by atoms with Crippen molar-refractivity contribution in [2.24, 2.45) is 0 Å². The predicted molar refractivity (Wildman–Crippen MR) is 169 cm³/mol. The lowest BCUT2D eigenvalue weighted by molar-refractivity contribution is -0.140. The highest BCUT2D eigenvalue weighted by Gasteiger charge is 2.34. The lowest BCUT2D eigenvalue weighted by Crippen LogP contribution is -2.54. The molecule has 10 heteroatoms. The van der Waals surface area contributed by atoms with E-state index >= 15 is 0 Å². The van der Waals surface area contributed by atoms with Gasteiger partial charge in [0.15, 0.2) is 0 Å². The minimum absolute atomic E-state index is 0.0648. The monoisotopic (exact) mass is 655 g/mol. The van der Waals surface area contributed by atoms with Gasteiger partial charge in [0, 0.05) is 23.5 Å². The van der Waals surface area contributed by atoms with Crippen molar-refractivity contribution < 1.29 is 22.7 Å². The number of sulfonamides is 1. The summed E-state index contributed by atoms with van der Waals surface area (Å²) in [6.45, 7) is 2.02. The van der Waals surface area contributed by atoms with Gasteiger partial charge >= 0.3 is 0 Å². The van der Waals surface area contributed by atoms with Gasteiger partial charge in [0.05, 0.1) is 18.6 Å². The first-order valence-electron chi connectivity index (χ1n) is 14.2. The predicted octanol–water partition coefficient (Wildman–Crippen LogP) is 5.31. The van der Waals surface area contributed by atoms with Crippen molar-refractivity contribution in [3.05, 3.63) is 94.5 Å². The van der Waals surface area contributed by atoms with Crippen LogP contribution in [0.4, 0.5) is 5.69 Å². The minimum atomic E-state index is -3.84. The smallest absolute Gasteiger partial charge is 0.244 e. The van der Waals surface area contributed by atoms with Gasteiger partial charge in [0.25, 0.3) is 0 Å². The topological polar surface area (TPSA) is 96.0 Å². The molecule has 0 bridgehead atoms. The second-order valence-corrected chi connectivity index (χ2v) is 13.4. The van der Waals surface area contributed by atoms with E-state index in [1.54, 1.807) is 24.3 Å². The van der Waals surface area contributed by atoms with Crippen LogP contribution in [0.1, 0.15) is 43.7 Å². The number of hydrogen-bond donors (Lipinski definition) is 1. The molecule has 0 heterocycles. The second kappa shape index (κ2) is 14.7. The van der Waals surface area contributed by atoms with Crippen molar-refractivity contribution >= 4 is 43.5 Å². The maximum atomic E-state index is 14.2. The van der Waals surface area contributed by atoms with Gasteiger partial charge in [0.2, 0.25) is 21.8 Å². The Balaban J connectivity index is 1.70. The summed E-state index contributed by atoms with van der Waals surface area (Å²) >= 11 is 3.50. The zero-order valence-corrected chi connectivity index (χ0v) is 26.4. The van der Waals surface area contributed by atoms with Crippen molar-refractivity contribution in [1.29, 1.82) is 0 Å². The van der Waals surface area contributed by atoms with E-state index in [1.807, 2.05) is 61.5 Å². The number of carbonyl (C=O) groups is 2. The molecule has 1 fully saturated rings. The quantitative estimate of drug-likeness (QED) is 0.269. The lowest BCUT2D eigenvalue weighted by Gasteiger charge is -2.34. The number of ether oxygens (including phenoxy) is 1. The van der Waals surface area contributed by atoms with Crippen LogP contribution in [0.3, 0.4) is 0 Å². The fourth-order valence-corrected chi connectivity index (χ4v) is 6.54. The zero-order valence-electron chi connectivity index (χ0n) is 24.0. The Labute approximate surface area is 257 Å². The summed E-state index contributed by atoms with van der Waals surface area (Å²) in [6.07, 6.45) is 5.29. The van der Waals surface area contributed by atoms with Gasteiger partial charge in [-0.2, -0.15) is 0 Å². The summed E-state index contributed by atoms with van der Waals surface area (Å²) in [5.74, 6) is -0.110. The summed E-state index contributed by atoms with van der Waals surface area (Å²) in [6, 6.07) is 22.9. The maximum Gasteiger partial charge on any atom is 0.244 e. The van der Waals surface area contributed by atoms with E-state index in [1.165, 1.54) is 4.90 Å². The van der Waals surface area contributed by atoms with E-state index in [9.17, 15) is 18.0 Å². The van der Waals surface area contributed by atoms with Gasteiger partial charge in [0.1, 0.15) is 18.3 Å². The van der Waals surface area contributed by atoms with Crippen LogP contribution in [0.2, 0.25) is 0 Å². The molecular formula is C32H38BrN3O5S. The van der Waals surface area contributed by atoms with E-state index < -0.39 is 28.5 Å². The highest BCUT2D eigenvalue weighted by molar-refractivity contribution is 9.10. The molecule has 224 valence electrons. The van der Waals surface area contributed by atoms with Gasteiger partial charge in [-0.1, -0.05) is 71.2 Å². The van der Waals surface area contributed by atoms with Crippen LogP contribution >= 0.6 is 15.9 Å². The SMILES string of the molecule is CCOc1ccc(N(CC(=O)N(Cc2cccc(Br)c2)[C@@H](Cc2ccccc2)C(=O)NC2CCCC2)S(C)(=O)=O)cc1. The largest absolute Gasteiger partial charge is 0.494 e. The van der Waals surface area contributed by atoms with Crippen molar-refractivity contribution in [2.45, 2.75) is 57.7 Å². The number of halogens is 1. The van der Waals surface area contributed by atoms with Crippen molar-refractivity contribution in [3.63, 3.8) is 0 Å². The third-order valence-electron chi connectivity index (χ3n) is 7.33. The van der Waals surface area contributed by atoms with E-state index in [0.29, 0.717) is 24.5 Å². The first-order chi connectivity index (χ1) is 20.1. The number of nitrogens with one attached hydrogen (secondary N) is 1. The first-order valence-corrected chi connectivity index (χ1v) is 16.9. The molecule has 0 aliphatic heterocycles. The number of hydrogen-bond acceptors (Lipinski definition) is 5. The van der Waals surface area contributed by atoms with Crippen molar-refractivity contribution in [2.75, 3.05) is 23.7 Å². The number of rotatable bonds is 13. The molecule has 1 N–H and O–H groups in total. The second-order valence-electron chi connectivity index (χ2n) is 10.5. The van der Waals surface area contributed by atoms with Gasteiger partial charge in [-0.3, -0.25) is 13.9 Å². The Morgan fingerprint density at radius 3 is 2.26 bits per heavy atom. The molecule has 2 amide bonds. The average Bonchev–Trinajstić information content (AvgIpc) is 3.47. The highest BCUT2D eigenvalue weighted by Crippen LogP contribution is 2.24. The molecule has 3 aromatic carbocycles. The molecule has 8 nitrogen and oxygen atoms in total. The number of carbonyl (C=O) groups excluding carboxylic acids is 2. The molecule has 1 aliphatic rings. The zero-order chi connectivity index (χ0) is 30.1. The normalized spacial score (nSPS) is 14.3. The highest BCUT2D eigenvalue weighted by atomic mass is 79.9. The summed E-state index contributed by atoms with van der Waals surface area (Å²) in [5.41, 5.74) is 2.06. The van der Waals surface area contributed by atoms with Crippen molar-refractivity contribution in [1.82, 2.24) is 10.2 Å². The Bertz CT molecular complexity index is 1440. The van der Waals surface area contributed by atoms with E-state index in [4.69, 9.17) is 4.74 Å². The number of nitrogens with zero attached hydrogens (tertiary/aromatic N) is 2. The fourth-order valence-electron chi connectivity index (χ4n) is 5.24. The van der Waals surface area contributed by atoms with Crippen LogP contribution in [-0.4, -0.2) is 56.6 Å². The summed E-state index contributed by atoms with van der Waals surface area (Å²) in [4.78, 5) is 29.6. The van der Waals surface area contributed by atoms with Crippen LogP contribution in [0.5, 0.6) is 5.75 Å². The van der Waals surface area contributed by atoms with Crippen LogP contribution in [0, 0.1) is 0 Å². The molecule has 0 radical (unpaired) electrons. The van der Waals surface area contributed by atoms with Crippen LogP contribution in [0.25, 0.3) is 0 Å². The Hall–Kier alpha value is -3.37. The minimum Gasteiger partial charge on any atom is -0.494 e. The first kappa shape index (κ1) is 31.6. The van der Waals surface area contributed by atoms with E-state index in [2.05, 4.69) is 21.2 Å². The molecule has 4 rings (SSSR count). The Morgan fingerprint density at radius 1 is 0.976 bits per heavy atom. The molecule has 0 spiro atoms. The van der Waals surface area contributed by atoms with Gasteiger partial charge in [-0.25, -0.2) is 8.42 Å². The lowest BCUT2D eigenvalue weighted by atomic mass is 10.0. The fraction of sp³-hybridized carbons (Fsp3) is 0.375. The maximum absolute atomic E-state index is 14.2. The van der Waals surface area contributed by atoms with Crippen LogP contribution in [-0.2, 0) is 32.6 Å². The summed E-state index contributed by atoms with van der Waals surface area (Å²) < 4.78 is 33.4. The molecule has 1 aliphatic carbocycles. The average molecular weight is 657 g/mol. The molecular weight excluding hydrogens is 618 g/mol. The Kier molecular flexibility index (Phi) is 11.0. The van der Waals surface area contributed by atoms with E-state index in [-0.39, 0.29) is 18.5 Å². The molecule has 3 aromatic rings. The molecule has 1 atom stereocenters. The molecule has 42 heavy (non-hydrogen) atoms. The van der Waals surface area contributed by atoms with Crippen LogP contribution < -0.4 is 14.4 Å². The molecule has 0 saturated heterocycles. The molecule has 1 saturated carbocycles. The van der Waals surface area contributed by atoms with Crippen LogP contribution in [0.15, 0.2) is 83.3 Å².